The number of carbonyl (C=O) groups is 2. The second-order valence-electron chi connectivity index (χ2n) is 6.66. The maximum atomic E-state index is 12.4. The lowest BCUT2D eigenvalue weighted by Gasteiger charge is -2.32. The zero-order valence-electron chi connectivity index (χ0n) is 15.7. The first-order valence-electron chi connectivity index (χ1n) is 9.27. The summed E-state index contributed by atoms with van der Waals surface area (Å²) in [5.74, 6) is -0.194. The van der Waals surface area contributed by atoms with Crippen LogP contribution in [0.15, 0.2) is 77.8 Å². The van der Waals surface area contributed by atoms with Crippen LogP contribution in [0.1, 0.15) is 27.5 Å². The fourth-order valence-corrected chi connectivity index (χ4v) is 3.42. The van der Waals surface area contributed by atoms with Crippen molar-refractivity contribution in [1.29, 1.82) is 0 Å². The SMILES string of the molecule is NCc1cc(NC(=O)c2ccccc2)ccc1N1C=Nc2ccccc2C1C=O. The summed E-state index contributed by atoms with van der Waals surface area (Å²) < 4.78 is 0. The molecule has 1 atom stereocenters. The van der Waals surface area contributed by atoms with Crippen molar-refractivity contribution in [2.45, 2.75) is 12.6 Å². The number of aliphatic imine (C=N–C) groups is 1. The van der Waals surface area contributed by atoms with Crippen molar-refractivity contribution >= 4 is 35.6 Å². The number of rotatable bonds is 5. The average Bonchev–Trinajstić information content (AvgIpc) is 2.78. The summed E-state index contributed by atoms with van der Waals surface area (Å²) in [6.45, 7) is 0.252. The van der Waals surface area contributed by atoms with E-state index in [0.717, 1.165) is 28.8 Å². The predicted octanol–water partition coefficient (Wildman–Crippen LogP) is 3.82. The molecule has 0 bridgehead atoms. The Kier molecular flexibility index (Phi) is 5.18. The number of nitrogens with one attached hydrogen (secondary N) is 1. The smallest absolute Gasteiger partial charge is 0.255 e. The Morgan fingerprint density at radius 3 is 2.59 bits per heavy atom. The molecule has 144 valence electrons. The normalized spacial score (nSPS) is 14.9. The first-order chi connectivity index (χ1) is 14.2. The number of amides is 1. The number of anilines is 2. The molecule has 0 saturated carbocycles. The van der Waals surface area contributed by atoms with Gasteiger partial charge in [-0.1, -0.05) is 36.4 Å². The number of aldehydes is 1. The second kappa shape index (κ2) is 8.08. The van der Waals surface area contributed by atoms with Crippen molar-refractivity contribution in [3.8, 4) is 0 Å². The van der Waals surface area contributed by atoms with Gasteiger partial charge in [0, 0.05) is 29.0 Å². The third-order valence-corrected chi connectivity index (χ3v) is 4.88. The first kappa shape index (κ1) is 18.6. The Labute approximate surface area is 168 Å². The summed E-state index contributed by atoms with van der Waals surface area (Å²) in [6, 6.07) is 21.5. The van der Waals surface area contributed by atoms with Gasteiger partial charge in [0.1, 0.15) is 12.3 Å². The van der Waals surface area contributed by atoms with E-state index < -0.39 is 6.04 Å². The minimum Gasteiger partial charge on any atom is -0.326 e. The van der Waals surface area contributed by atoms with E-state index in [0.29, 0.717) is 11.3 Å². The number of carbonyl (C=O) groups excluding carboxylic acids is 2. The molecule has 0 aliphatic carbocycles. The number of nitrogens with two attached hydrogens (primary N) is 1. The van der Waals surface area contributed by atoms with Gasteiger partial charge in [-0.3, -0.25) is 4.79 Å². The van der Waals surface area contributed by atoms with Crippen LogP contribution in [-0.4, -0.2) is 18.5 Å². The van der Waals surface area contributed by atoms with E-state index in [1.807, 2.05) is 54.6 Å². The Morgan fingerprint density at radius 1 is 1.07 bits per heavy atom. The highest BCUT2D eigenvalue weighted by atomic mass is 16.1. The van der Waals surface area contributed by atoms with Crippen LogP contribution < -0.4 is 16.0 Å². The van der Waals surface area contributed by atoms with Crippen LogP contribution in [0.3, 0.4) is 0 Å². The summed E-state index contributed by atoms with van der Waals surface area (Å²) in [5, 5.41) is 2.89. The topological polar surface area (TPSA) is 87.8 Å². The summed E-state index contributed by atoms with van der Waals surface area (Å²) in [4.78, 5) is 30.6. The monoisotopic (exact) mass is 384 g/mol. The minimum atomic E-state index is -0.487. The highest BCUT2D eigenvalue weighted by Gasteiger charge is 2.26. The van der Waals surface area contributed by atoms with E-state index in [-0.39, 0.29) is 12.5 Å². The van der Waals surface area contributed by atoms with Gasteiger partial charge in [0.2, 0.25) is 0 Å². The second-order valence-corrected chi connectivity index (χ2v) is 6.66. The fraction of sp³-hybridized carbons (Fsp3) is 0.0870. The van der Waals surface area contributed by atoms with Crippen molar-refractivity contribution in [1.82, 2.24) is 0 Å². The number of nitrogens with zero attached hydrogens (tertiary/aromatic N) is 2. The molecule has 0 fully saturated rings. The molecular formula is C23H20N4O2. The number of hydrogen-bond acceptors (Lipinski definition) is 5. The van der Waals surface area contributed by atoms with E-state index >= 15 is 0 Å². The summed E-state index contributed by atoms with van der Waals surface area (Å²) in [5.41, 5.74) is 10.4. The van der Waals surface area contributed by atoms with E-state index in [1.165, 1.54) is 0 Å². The van der Waals surface area contributed by atoms with Crippen molar-refractivity contribution in [2.75, 3.05) is 10.2 Å². The molecule has 1 heterocycles. The first-order valence-corrected chi connectivity index (χ1v) is 9.27. The Bertz CT molecular complexity index is 1080. The third kappa shape index (κ3) is 3.66. The molecule has 1 aliphatic heterocycles. The molecule has 1 amide bonds. The van der Waals surface area contributed by atoms with Gasteiger partial charge in [-0.05, 0) is 42.0 Å². The number of fused-ring (bicyclic) bond motifs is 1. The van der Waals surface area contributed by atoms with Crippen LogP contribution >= 0.6 is 0 Å². The maximum Gasteiger partial charge on any atom is 0.255 e. The van der Waals surface area contributed by atoms with Crippen molar-refractivity contribution in [2.24, 2.45) is 10.7 Å². The molecule has 0 aromatic heterocycles. The molecule has 6 heteroatoms. The standard InChI is InChI=1S/C23H20N4O2/c24-13-17-12-18(26-23(29)16-6-2-1-3-7-16)10-11-21(17)27-15-25-20-9-5-4-8-19(20)22(27)14-28/h1-12,14-15,22H,13,24H2,(H,26,29). The minimum absolute atomic E-state index is 0.194. The van der Waals surface area contributed by atoms with E-state index in [1.54, 1.807) is 29.4 Å². The highest BCUT2D eigenvalue weighted by Crippen LogP contribution is 2.36. The van der Waals surface area contributed by atoms with Crippen LogP contribution in [0.25, 0.3) is 0 Å². The molecule has 1 unspecified atom stereocenters. The molecule has 0 radical (unpaired) electrons. The van der Waals surface area contributed by atoms with Gasteiger partial charge in [0.15, 0.2) is 0 Å². The lowest BCUT2D eigenvalue weighted by Crippen LogP contribution is -2.31. The fourth-order valence-electron chi connectivity index (χ4n) is 3.42. The van der Waals surface area contributed by atoms with Gasteiger partial charge in [0.25, 0.3) is 5.91 Å². The lowest BCUT2D eigenvalue weighted by atomic mass is 10.0. The van der Waals surface area contributed by atoms with Crippen molar-refractivity contribution in [3.05, 3.63) is 89.5 Å². The molecule has 6 nitrogen and oxygen atoms in total. The molecule has 0 spiro atoms. The van der Waals surface area contributed by atoms with Crippen molar-refractivity contribution in [3.63, 3.8) is 0 Å². The Hall–Kier alpha value is -3.77. The summed E-state index contributed by atoms with van der Waals surface area (Å²) in [6.07, 6.45) is 2.55. The number of para-hydroxylation sites is 1. The quantitative estimate of drug-likeness (QED) is 0.655. The third-order valence-electron chi connectivity index (χ3n) is 4.88. The van der Waals surface area contributed by atoms with Crippen LogP contribution in [0.4, 0.5) is 17.1 Å². The lowest BCUT2D eigenvalue weighted by molar-refractivity contribution is -0.108. The number of hydrogen-bond donors (Lipinski definition) is 2. The van der Waals surface area contributed by atoms with E-state index in [2.05, 4.69) is 10.3 Å². The molecule has 0 saturated heterocycles. The Balaban J connectivity index is 1.64. The molecule has 4 rings (SSSR count). The zero-order valence-corrected chi connectivity index (χ0v) is 15.7. The van der Waals surface area contributed by atoms with E-state index in [4.69, 9.17) is 5.73 Å². The van der Waals surface area contributed by atoms with Crippen LogP contribution in [0, 0.1) is 0 Å². The van der Waals surface area contributed by atoms with Gasteiger partial charge in [-0.25, -0.2) is 4.99 Å². The predicted molar refractivity (Wildman–Crippen MR) is 115 cm³/mol. The van der Waals surface area contributed by atoms with Crippen LogP contribution in [0.5, 0.6) is 0 Å². The van der Waals surface area contributed by atoms with Gasteiger partial charge in [-0.2, -0.15) is 0 Å². The summed E-state index contributed by atoms with van der Waals surface area (Å²) >= 11 is 0. The van der Waals surface area contributed by atoms with Crippen molar-refractivity contribution < 1.29 is 9.59 Å². The number of benzene rings is 3. The molecular weight excluding hydrogens is 364 g/mol. The van der Waals surface area contributed by atoms with Gasteiger partial charge in [-0.15, -0.1) is 0 Å². The average molecular weight is 384 g/mol. The Morgan fingerprint density at radius 2 is 1.83 bits per heavy atom. The zero-order chi connectivity index (χ0) is 20.2. The highest BCUT2D eigenvalue weighted by molar-refractivity contribution is 6.04. The van der Waals surface area contributed by atoms with Gasteiger partial charge < -0.3 is 20.7 Å². The molecule has 1 aliphatic rings. The van der Waals surface area contributed by atoms with Gasteiger partial charge >= 0.3 is 0 Å². The van der Waals surface area contributed by atoms with Crippen LogP contribution in [-0.2, 0) is 11.3 Å². The summed E-state index contributed by atoms with van der Waals surface area (Å²) in [7, 11) is 0. The molecule has 3 aromatic rings. The molecule has 3 N–H and O–H groups in total. The maximum absolute atomic E-state index is 12.4. The molecule has 29 heavy (non-hydrogen) atoms. The van der Waals surface area contributed by atoms with E-state index in [9.17, 15) is 9.59 Å². The van der Waals surface area contributed by atoms with Crippen LogP contribution in [0.2, 0.25) is 0 Å². The van der Waals surface area contributed by atoms with Gasteiger partial charge in [0.05, 0.1) is 12.0 Å². The largest absolute Gasteiger partial charge is 0.326 e. The molecule has 3 aromatic carbocycles.